The molecular formula is C26H28FN3O3. The van der Waals surface area contributed by atoms with Gasteiger partial charge in [-0.05, 0) is 56.0 Å². The molecule has 4 rings (SSSR count). The highest BCUT2D eigenvalue weighted by Gasteiger charge is 2.24. The summed E-state index contributed by atoms with van der Waals surface area (Å²) >= 11 is 0. The van der Waals surface area contributed by atoms with Crippen LogP contribution in [0.25, 0.3) is 11.4 Å². The molecule has 0 aliphatic carbocycles. The summed E-state index contributed by atoms with van der Waals surface area (Å²) in [4.78, 5) is 29.2. The number of cyclic esters (lactones) is 1. The topological polar surface area (TPSA) is 73.2 Å². The van der Waals surface area contributed by atoms with Gasteiger partial charge in [-0.25, -0.2) is 9.37 Å². The molecule has 7 heteroatoms. The first kappa shape index (κ1) is 22.7. The summed E-state index contributed by atoms with van der Waals surface area (Å²) in [5.74, 6) is -0.134. The second-order valence-corrected chi connectivity index (χ2v) is 8.31. The van der Waals surface area contributed by atoms with Gasteiger partial charge in [0.05, 0.1) is 0 Å². The van der Waals surface area contributed by atoms with E-state index >= 15 is 0 Å². The average molecular weight is 450 g/mol. The number of carbonyl (C=O) groups is 2. The number of nitrogens with one attached hydrogen (secondary N) is 1. The maximum atomic E-state index is 13.5. The molecule has 1 unspecified atom stereocenters. The Kier molecular flexibility index (Phi) is 7.17. The van der Waals surface area contributed by atoms with E-state index in [1.165, 1.54) is 12.1 Å². The van der Waals surface area contributed by atoms with Gasteiger partial charge in [-0.1, -0.05) is 30.3 Å². The lowest BCUT2D eigenvalue weighted by atomic mass is 10.1. The standard InChI is InChI=1S/C26H28FN3O3/c1-18-24(26(32)28-16-14-19-6-3-2-4-7-19)29-25(20-10-12-21(27)13-11-20)30(18)17-15-22-8-5-9-23(31)33-22/h2-4,6-7,10-13,22H,5,8-9,14-17H2,1H3,(H,28,32). The van der Waals surface area contributed by atoms with Crippen molar-refractivity contribution in [3.63, 3.8) is 0 Å². The van der Waals surface area contributed by atoms with Crippen LogP contribution in [0.4, 0.5) is 4.39 Å². The quantitative estimate of drug-likeness (QED) is 0.516. The molecule has 3 aromatic rings. The molecule has 0 saturated carbocycles. The molecule has 0 bridgehead atoms. The molecular weight excluding hydrogens is 421 g/mol. The van der Waals surface area contributed by atoms with Gasteiger partial charge in [0.25, 0.3) is 5.91 Å². The lowest BCUT2D eigenvalue weighted by Gasteiger charge is -2.23. The predicted octanol–water partition coefficient (Wildman–Crippen LogP) is 4.46. The van der Waals surface area contributed by atoms with Gasteiger partial charge in [0.15, 0.2) is 0 Å². The van der Waals surface area contributed by atoms with Gasteiger partial charge in [-0.3, -0.25) is 9.59 Å². The van der Waals surface area contributed by atoms with E-state index in [0.717, 1.165) is 36.1 Å². The number of halogens is 1. The van der Waals surface area contributed by atoms with Gasteiger partial charge in [-0.2, -0.15) is 0 Å². The first-order valence-electron chi connectivity index (χ1n) is 11.4. The number of aromatic nitrogens is 2. The lowest BCUT2D eigenvalue weighted by molar-refractivity contribution is -0.154. The van der Waals surface area contributed by atoms with Crippen LogP contribution in [-0.4, -0.2) is 34.1 Å². The van der Waals surface area contributed by atoms with Crippen LogP contribution < -0.4 is 5.32 Å². The smallest absolute Gasteiger partial charge is 0.306 e. The summed E-state index contributed by atoms with van der Waals surface area (Å²) in [6.07, 6.45) is 3.34. The average Bonchev–Trinajstić information content (AvgIpc) is 3.15. The fourth-order valence-corrected chi connectivity index (χ4v) is 4.14. The molecule has 1 fully saturated rings. The molecule has 1 aromatic heterocycles. The summed E-state index contributed by atoms with van der Waals surface area (Å²) in [5.41, 5.74) is 2.95. The van der Waals surface area contributed by atoms with E-state index in [1.807, 2.05) is 41.8 Å². The van der Waals surface area contributed by atoms with Crippen LogP contribution in [0.2, 0.25) is 0 Å². The van der Waals surface area contributed by atoms with Crippen molar-refractivity contribution in [2.45, 2.75) is 51.7 Å². The number of imidazole rings is 1. The highest BCUT2D eigenvalue weighted by Crippen LogP contribution is 2.25. The first-order valence-corrected chi connectivity index (χ1v) is 11.4. The van der Waals surface area contributed by atoms with Crippen molar-refractivity contribution in [2.75, 3.05) is 6.54 Å². The fraction of sp³-hybridized carbons (Fsp3) is 0.346. The maximum absolute atomic E-state index is 13.5. The molecule has 1 amide bonds. The summed E-state index contributed by atoms with van der Waals surface area (Å²) in [6, 6.07) is 16.0. The van der Waals surface area contributed by atoms with Gasteiger partial charge >= 0.3 is 5.97 Å². The second-order valence-electron chi connectivity index (χ2n) is 8.31. The van der Waals surface area contributed by atoms with Crippen LogP contribution >= 0.6 is 0 Å². The summed E-state index contributed by atoms with van der Waals surface area (Å²) in [5, 5.41) is 2.96. The molecule has 2 aromatic carbocycles. The largest absolute Gasteiger partial charge is 0.462 e. The summed E-state index contributed by atoms with van der Waals surface area (Å²) in [6.45, 7) is 2.90. The molecule has 0 radical (unpaired) electrons. The van der Waals surface area contributed by atoms with E-state index < -0.39 is 0 Å². The maximum Gasteiger partial charge on any atom is 0.306 e. The monoisotopic (exact) mass is 449 g/mol. The Morgan fingerprint density at radius 1 is 1.18 bits per heavy atom. The third-order valence-corrected chi connectivity index (χ3v) is 5.96. The highest BCUT2D eigenvalue weighted by atomic mass is 19.1. The van der Waals surface area contributed by atoms with Crippen molar-refractivity contribution < 1.29 is 18.7 Å². The van der Waals surface area contributed by atoms with Crippen molar-refractivity contribution in [3.8, 4) is 11.4 Å². The number of rotatable bonds is 8. The third-order valence-electron chi connectivity index (χ3n) is 5.96. The molecule has 2 heterocycles. The molecule has 1 atom stereocenters. The number of carbonyl (C=O) groups excluding carboxylic acids is 2. The predicted molar refractivity (Wildman–Crippen MR) is 123 cm³/mol. The van der Waals surface area contributed by atoms with Gasteiger partial charge in [-0.15, -0.1) is 0 Å². The third kappa shape index (κ3) is 5.66. The van der Waals surface area contributed by atoms with Gasteiger partial charge in [0, 0.05) is 37.2 Å². The Bertz CT molecular complexity index is 1110. The normalized spacial score (nSPS) is 15.8. The SMILES string of the molecule is Cc1c(C(=O)NCCc2ccccc2)nc(-c2ccc(F)cc2)n1CCC1CCCC(=O)O1. The van der Waals surface area contributed by atoms with Crippen molar-refractivity contribution in [3.05, 3.63) is 77.4 Å². The highest BCUT2D eigenvalue weighted by molar-refractivity contribution is 5.94. The van der Waals surface area contributed by atoms with Crippen LogP contribution in [0.15, 0.2) is 54.6 Å². The van der Waals surface area contributed by atoms with Crippen LogP contribution in [-0.2, 0) is 22.5 Å². The van der Waals surface area contributed by atoms with Crippen molar-refractivity contribution >= 4 is 11.9 Å². The number of hydrogen-bond donors (Lipinski definition) is 1. The van der Waals surface area contributed by atoms with E-state index in [4.69, 9.17) is 4.74 Å². The number of amides is 1. The van der Waals surface area contributed by atoms with E-state index in [0.29, 0.717) is 37.4 Å². The molecule has 1 aliphatic heterocycles. The Morgan fingerprint density at radius 3 is 2.67 bits per heavy atom. The van der Waals surface area contributed by atoms with Crippen molar-refractivity contribution in [2.24, 2.45) is 0 Å². The minimum absolute atomic E-state index is 0.141. The van der Waals surface area contributed by atoms with Crippen LogP contribution in [0.3, 0.4) is 0 Å². The minimum atomic E-state index is -0.332. The molecule has 1 N–H and O–H groups in total. The minimum Gasteiger partial charge on any atom is -0.462 e. The van der Waals surface area contributed by atoms with Crippen molar-refractivity contribution in [1.82, 2.24) is 14.9 Å². The summed E-state index contributed by atoms with van der Waals surface area (Å²) in [7, 11) is 0. The van der Waals surface area contributed by atoms with Crippen LogP contribution in [0.5, 0.6) is 0 Å². The number of ether oxygens (including phenoxy) is 1. The molecule has 33 heavy (non-hydrogen) atoms. The zero-order valence-electron chi connectivity index (χ0n) is 18.7. The second kappa shape index (κ2) is 10.4. The van der Waals surface area contributed by atoms with E-state index in [2.05, 4.69) is 10.3 Å². The molecule has 0 spiro atoms. The van der Waals surface area contributed by atoms with Gasteiger partial charge in [0.1, 0.15) is 23.4 Å². The first-order chi connectivity index (χ1) is 16.0. The van der Waals surface area contributed by atoms with E-state index in [-0.39, 0.29) is 23.8 Å². The van der Waals surface area contributed by atoms with Crippen LogP contribution in [0, 0.1) is 12.7 Å². The number of benzene rings is 2. The Labute approximate surface area is 192 Å². The number of esters is 1. The summed E-state index contributed by atoms with van der Waals surface area (Å²) < 4.78 is 20.9. The van der Waals surface area contributed by atoms with Gasteiger partial charge < -0.3 is 14.6 Å². The zero-order valence-corrected chi connectivity index (χ0v) is 18.7. The van der Waals surface area contributed by atoms with Crippen molar-refractivity contribution in [1.29, 1.82) is 0 Å². The lowest BCUT2D eigenvalue weighted by Crippen LogP contribution is -2.27. The zero-order chi connectivity index (χ0) is 23.2. The molecule has 1 aliphatic rings. The Balaban J connectivity index is 1.52. The number of nitrogens with zero attached hydrogens (tertiary/aromatic N) is 2. The number of hydrogen-bond acceptors (Lipinski definition) is 4. The van der Waals surface area contributed by atoms with E-state index in [9.17, 15) is 14.0 Å². The Hall–Kier alpha value is -3.48. The Morgan fingerprint density at radius 2 is 1.94 bits per heavy atom. The molecule has 1 saturated heterocycles. The van der Waals surface area contributed by atoms with Gasteiger partial charge in [0.2, 0.25) is 0 Å². The molecule has 172 valence electrons. The fourth-order valence-electron chi connectivity index (χ4n) is 4.14. The molecule has 6 nitrogen and oxygen atoms in total. The van der Waals surface area contributed by atoms with E-state index in [1.54, 1.807) is 12.1 Å². The van der Waals surface area contributed by atoms with Crippen LogP contribution in [0.1, 0.15) is 47.4 Å².